The summed E-state index contributed by atoms with van der Waals surface area (Å²) in [6.07, 6.45) is 1.32. The van der Waals surface area contributed by atoms with Crippen LogP contribution in [0.1, 0.15) is 17.7 Å². The molecule has 2 N–H and O–H groups in total. The minimum Gasteiger partial charge on any atom is -0.346 e. The zero-order chi connectivity index (χ0) is 13.6. The summed E-state index contributed by atoms with van der Waals surface area (Å²) in [6.45, 7) is 5.81. The van der Waals surface area contributed by atoms with Crippen LogP contribution in [0.2, 0.25) is 0 Å². The van der Waals surface area contributed by atoms with Gasteiger partial charge in [0.25, 0.3) is 0 Å². The van der Waals surface area contributed by atoms with E-state index in [4.69, 9.17) is 5.26 Å². The maximum Gasteiger partial charge on any atom is 0.118 e. The molecular weight excluding hydrogens is 248 g/mol. The van der Waals surface area contributed by atoms with Gasteiger partial charge in [-0.15, -0.1) is 0 Å². The molecule has 2 aromatic rings. The minimum atomic E-state index is 0.560. The summed E-state index contributed by atoms with van der Waals surface area (Å²) in [5.41, 5.74) is 3.59. The molecule has 0 aliphatic carbocycles. The SMILES string of the molecule is N#Cc1cc2ccc(CN3CC4(CCNC4)C3)cc2[nH]1. The molecule has 4 rings (SSSR count). The third-order valence-corrected chi connectivity index (χ3v) is 4.66. The van der Waals surface area contributed by atoms with E-state index in [0.717, 1.165) is 17.4 Å². The Morgan fingerprint density at radius 1 is 1.30 bits per heavy atom. The second kappa shape index (κ2) is 4.34. The Labute approximate surface area is 118 Å². The van der Waals surface area contributed by atoms with Crippen molar-refractivity contribution in [2.24, 2.45) is 5.41 Å². The standard InChI is InChI=1S/C16H18N4/c17-7-14-6-13-2-1-12(5-15(13)19-14)8-20-10-16(11-20)3-4-18-9-16/h1-2,5-6,18-19H,3-4,8-11H2. The van der Waals surface area contributed by atoms with Gasteiger partial charge in [0.1, 0.15) is 11.8 Å². The van der Waals surface area contributed by atoms with Crippen molar-refractivity contribution in [1.82, 2.24) is 15.2 Å². The molecule has 102 valence electrons. The second-order valence-corrected chi connectivity index (χ2v) is 6.29. The first-order valence-corrected chi connectivity index (χ1v) is 7.21. The van der Waals surface area contributed by atoms with Crippen LogP contribution in [0, 0.1) is 16.7 Å². The predicted octanol–water partition coefficient (Wildman–Crippen LogP) is 1.83. The van der Waals surface area contributed by atoms with Crippen molar-refractivity contribution in [2.75, 3.05) is 26.2 Å². The van der Waals surface area contributed by atoms with Gasteiger partial charge in [-0.3, -0.25) is 4.90 Å². The van der Waals surface area contributed by atoms with Gasteiger partial charge in [0, 0.05) is 42.5 Å². The number of aromatic amines is 1. The van der Waals surface area contributed by atoms with Crippen LogP contribution >= 0.6 is 0 Å². The molecule has 2 saturated heterocycles. The Morgan fingerprint density at radius 2 is 2.20 bits per heavy atom. The first-order valence-electron chi connectivity index (χ1n) is 7.21. The second-order valence-electron chi connectivity index (χ2n) is 6.29. The van der Waals surface area contributed by atoms with Crippen molar-refractivity contribution in [3.8, 4) is 6.07 Å². The third kappa shape index (κ3) is 1.91. The summed E-state index contributed by atoms with van der Waals surface area (Å²) in [4.78, 5) is 5.67. The molecule has 4 heteroatoms. The number of aromatic nitrogens is 1. The number of fused-ring (bicyclic) bond motifs is 1. The molecule has 1 spiro atoms. The first-order chi connectivity index (χ1) is 9.76. The van der Waals surface area contributed by atoms with Crippen molar-refractivity contribution >= 4 is 10.9 Å². The molecule has 1 aromatic heterocycles. The molecule has 0 bridgehead atoms. The number of nitrogens with one attached hydrogen (secondary N) is 2. The van der Waals surface area contributed by atoms with E-state index in [-0.39, 0.29) is 0 Å². The summed E-state index contributed by atoms with van der Waals surface area (Å²) < 4.78 is 0. The highest BCUT2D eigenvalue weighted by molar-refractivity contribution is 5.81. The zero-order valence-electron chi connectivity index (χ0n) is 11.4. The van der Waals surface area contributed by atoms with Crippen LogP contribution < -0.4 is 5.32 Å². The average Bonchev–Trinajstić information content (AvgIpc) is 3.03. The van der Waals surface area contributed by atoms with E-state index in [9.17, 15) is 0 Å². The molecule has 3 heterocycles. The number of hydrogen-bond donors (Lipinski definition) is 2. The average molecular weight is 266 g/mol. The maximum atomic E-state index is 8.92. The van der Waals surface area contributed by atoms with Crippen molar-refractivity contribution < 1.29 is 0 Å². The Hall–Kier alpha value is -1.83. The van der Waals surface area contributed by atoms with Gasteiger partial charge in [-0.1, -0.05) is 12.1 Å². The number of benzene rings is 1. The molecule has 0 unspecified atom stereocenters. The van der Waals surface area contributed by atoms with Gasteiger partial charge in [-0.25, -0.2) is 0 Å². The Morgan fingerprint density at radius 3 is 2.95 bits per heavy atom. The van der Waals surface area contributed by atoms with Gasteiger partial charge in [-0.2, -0.15) is 5.26 Å². The van der Waals surface area contributed by atoms with Crippen molar-refractivity contribution in [3.63, 3.8) is 0 Å². The molecular formula is C16H18N4. The number of likely N-dealkylation sites (tertiary alicyclic amines) is 1. The van der Waals surface area contributed by atoms with Crippen LogP contribution in [0.25, 0.3) is 10.9 Å². The fraction of sp³-hybridized carbons (Fsp3) is 0.438. The van der Waals surface area contributed by atoms with Crippen molar-refractivity contribution in [2.45, 2.75) is 13.0 Å². The highest BCUT2D eigenvalue weighted by Gasteiger charge is 2.44. The van der Waals surface area contributed by atoms with Gasteiger partial charge in [0.2, 0.25) is 0 Å². The van der Waals surface area contributed by atoms with Gasteiger partial charge in [-0.05, 0) is 30.7 Å². The highest BCUT2D eigenvalue weighted by atomic mass is 15.2. The molecule has 1 aromatic carbocycles. The van der Waals surface area contributed by atoms with Crippen LogP contribution in [0.5, 0.6) is 0 Å². The largest absolute Gasteiger partial charge is 0.346 e. The van der Waals surface area contributed by atoms with Gasteiger partial charge >= 0.3 is 0 Å². The third-order valence-electron chi connectivity index (χ3n) is 4.66. The zero-order valence-corrected chi connectivity index (χ0v) is 11.4. The number of nitriles is 1. The fourth-order valence-electron chi connectivity index (χ4n) is 3.67. The molecule has 0 radical (unpaired) electrons. The molecule has 2 aliphatic rings. The van der Waals surface area contributed by atoms with E-state index in [1.54, 1.807) is 0 Å². The number of nitrogens with zero attached hydrogens (tertiary/aromatic N) is 2. The summed E-state index contributed by atoms with van der Waals surface area (Å²) in [7, 11) is 0. The van der Waals surface area contributed by atoms with Gasteiger partial charge in [0.05, 0.1) is 0 Å². The molecule has 0 saturated carbocycles. The topological polar surface area (TPSA) is 54.9 Å². The van der Waals surface area contributed by atoms with E-state index in [1.807, 2.05) is 6.07 Å². The monoisotopic (exact) mass is 266 g/mol. The quantitative estimate of drug-likeness (QED) is 0.872. The molecule has 2 fully saturated rings. The Balaban J connectivity index is 1.48. The normalized spacial score (nSPS) is 21.1. The van der Waals surface area contributed by atoms with E-state index >= 15 is 0 Å². The first kappa shape index (κ1) is 12.0. The van der Waals surface area contributed by atoms with Crippen LogP contribution in [-0.4, -0.2) is 36.1 Å². The molecule has 2 aliphatic heterocycles. The molecule has 0 amide bonds. The Kier molecular flexibility index (Phi) is 2.59. The van der Waals surface area contributed by atoms with Gasteiger partial charge in [0.15, 0.2) is 0 Å². The lowest BCUT2D eigenvalue weighted by atomic mass is 9.79. The van der Waals surface area contributed by atoms with Crippen LogP contribution in [0.4, 0.5) is 0 Å². The van der Waals surface area contributed by atoms with Crippen molar-refractivity contribution in [3.05, 3.63) is 35.5 Å². The lowest BCUT2D eigenvalue weighted by Gasteiger charge is -2.48. The predicted molar refractivity (Wildman–Crippen MR) is 78.2 cm³/mol. The molecule has 0 atom stereocenters. The van der Waals surface area contributed by atoms with Gasteiger partial charge < -0.3 is 10.3 Å². The van der Waals surface area contributed by atoms with Crippen LogP contribution in [-0.2, 0) is 6.54 Å². The lowest BCUT2D eigenvalue weighted by molar-refractivity contribution is 0.0104. The molecule has 4 nitrogen and oxygen atoms in total. The Bertz CT molecular complexity index is 680. The summed E-state index contributed by atoms with van der Waals surface area (Å²) in [6, 6.07) is 10.5. The number of hydrogen-bond acceptors (Lipinski definition) is 3. The summed E-state index contributed by atoms with van der Waals surface area (Å²) >= 11 is 0. The fourth-order valence-corrected chi connectivity index (χ4v) is 3.67. The highest BCUT2D eigenvalue weighted by Crippen LogP contribution is 2.36. The van der Waals surface area contributed by atoms with Crippen LogP contribution in [0.3, 0.4) is 0 Å². The van der Waals surface area contributed by atoms with E-state index < -0.39 is 0 Å². The lowest BCUT2D eigenvalue weighted by Crippen LogP contribution is -2.56. The van der Waals surface area contributed by atoms with E-state index in [1.165, 1.54) is 38.2 Å². The van der Waals surface area contributed by atoms with E-state index in [0.29, 0.717) is 11.1 Å². The molecule has 20 heavy (non-hydrogen) atoms. The maximum absolute atomic E-state index is 8.92. The number of H-pyrrole nitrogens is 1. The summed E-state index contributed by atoms with van der Waals surface area (Å²) in [5.74, 6) is 0. The van der Waals surface area contributed by atoms with Crippen LogP contribution in [0.15, 0.2) is 24.3 Å². The minimum absolute atomic E-state index is 0.560. The number of rotatable bonds is 2. The van der Waals surface area contributed by atoms with E-state index in [2.05, 4.69) is 39.5 Å². The van der Waals surface area contributed by atoms with Crippen molar-refractivity contribution in [1.29, 1.82) is 5.26 Å². The smallest absolute Gasteiger partial charge is 0.118 e. The summed E-state index contributed by atoms with van der Waals surface area (Å²) in [5, 5.41) is 13.5.